The lowest BCUT2D eigenvalue weighted by Gasteiger charge is -2.30. The fourth-order valence-electron chi connectivity index (χ4n) is 2.11. The molecule has 0 aromatic heterocycles. The molecule has 0 radical (unpaired) electrons. The molecule has 0 bridgehead atoms. The van der Waals surface area contributed by atoms with Crippen molar-refractivity contribution in [3.05, 3.63) is 40.6 Å². The lowest BCUT2D eigenvalue weighted by molar-refractivity contribution is 0.182. The minimum Gasteiger partial charge on any atom is -0.381 e. The highest BCUT2D eigenvalue weighted by Gasteiger charge is 2.12. The zero-order valence-electron chi connectivity index (χ0n) is 12.6. The van der Waals surface area contributed by atoms with Crippen molar-refractivity contribution in [2.75, 3.05) is 18.4 Å². The van der Waals surface area contributed by atoms with Crippen LogP contribution in [0, 0.1) is 0 Å². The van der Waals surface area contributed by atoms with Crippen molar-refractivity contribution in [1.82, 2.24) is 4.90 Å². The van der Waals surface area contributed by atoms with E-state index < -0.39 is 0 Å². The number of nitrogens with zero attached hydrogens (tertiary/aromatic N) is 1. The zero-order chi connectivity index (χ0) is 13.5. The molecular formula is C15H26Cl2N2O. The second-order valence-corrected chi connectivity index (χ2v) is 5.04. The van der Waals surface area contributed by atoms with Gasteiger partial charge in [-0.3, -0.25) is 9.69 Å². The first-order valence-corrected chi connectivity index (χ1v) is 6.61. The Morgan fingerprint density at radius 2 is 1.55 bits per heavy atom. The molecule has 0 aliphatic carbocycles. The maximum atomic E-state index is 11.7. The molecule has 1 aromatic carbocycles. The van der Waals surface area contributed by atoms with E-state index in [-0.39, 0.29) is 30.2 Å². The van der Waals surface area contributed by atoms with Crippen LogP contribution in [0.15, 0.2) is 35.1 Å². The first-order chi connectivity index (χ1) is 8.52. The van der Waals surface area contributed by atoms with Crippen molar-refractivity contribution >= 4 is 30.5 Å². The van der Waals surface area contributed by atoms with E-state index in [9.17, 15) is 4.79 Å². The minimum absolute atomic E-state index is 0. The number of halogens is 2. The van der Waals surface area contributed by atoms with Gasteiger partial charge in [-0.15, -0.1) is 24.8 Å². The van der Waals surface area contributed by atoms with E-state index in [4.69, 9.17) is 0 Å². The fourth-order valence-corrected chi connectivity index (χ4v) is 2.11. The summed E-state index contributed by atoms with van der Waals surface area (Å²) >= 11 is 0. The molecule has 0 saturated heterocycles. The van der Waals surface area contributed by atoms with Gasteiger partial charge in [-0.1, -0.05) is 18.2 Å². The maximum absolute atomic E-state index is 11.7. The van der Waals surface area contributed by atoms with Crippen LogP contribution in [0.2, 0.25) is 0 Å². The Morgan fingerprint density at radius 3 is 2.10 bits per heavy atom. The van der Waals surface area contributed by atoms with E-state index in [1.165, 1.54) is 0 Å². The normalized spacial score (nSPS) is 10.2. The van der Waals surface area contributed by atoms with Crippen molar-refractivity contribution in [3.8, 4) is 0 Å². The van der Waals surface area contributed by atoms with Crippen LogP contribution in [0.3, 0.4) is 0 Å². The van der Waals surface area contributed by atoms with E-state index in [0.29, 0.717) is 17.8 Å². The summed E-state index contributed by atoms with van der Waals surface area (Å²) in [5, 5.41) is 3.22. The van der Waals surface area contributed by atoms with E-state index in [0.717, 1.165) is 13.1 Å². The van der Waals surface area contributed by atoms with E-state index in [1.807, 2.05) is 18.2 Å². The molecule has 3 nitrogen and oxygen atoms in total. The molecule has 5 heteroatoms. The first kappa shape index (κ1) is 21.5. The fraction of sp³-hybridized carbons (Fsp3) is 0.533. The lowest BCUT2D eigenvalue weighted by Crippen LogP contribution is -2.40. The molecule has 0 spiro atoms. The predicted molar refractivity (Wildman–Crippen MR) is 92.7 cm³/mol. The van der Waals surface area contributed by atoms with E-state index in [1.54, 1.807) is 12.1 Å². The van der Waals surface area contributed by atoms with Crippen LogP contribution in [0.5, 0.6) is 0 Å². The molecule has 0 fully saturated rings. The summed E-state index contributed by atoms with van der Waals surface area (Å²) in [6.45, 7) is 10.5. The Labute approximate surface area is 134 Å². The topological polar surface area (TPSA) is 32.3 Å². The number of rotatable bonds is 6. The third-order valence-electron chi connectivity index (χ3n) is 3.01. The SMILES string of the molecule is CC(C)N(CCNc1cccccc1=O)C(C)C.Cl.Cl. The van der Waals surface area contributed by atoms with Crippen molar-refractivity contribution < 1.29 is 0 Å². The minimum atomic E-state index is 0. The van der Waals surface area contributed by atoms with Gasteiger partial charge in [0.05, 0.1) is 5.69 Å². The average molecular weight is 321 g/mol. The third-order valence-corrected chi connectivity index (χ3v) is 3.01. The Bertz CT molecular complexity index is 417. The van der Waals surface area contributed by atoms with Gasteiger partial charge in [0.1, 0.15) is 0 Å². The second kappa shape index (κ2) is 11.0. The molecule has 0 amide bonds. The molecule has 116 valence electrons. The smallest absolute Gasteiger partial charge is 0.201 e. The van der Waals surface area contributed by atoms with Crippen LogP contribution in [-0.4, -0.2) is 30.1 Å². The van der Waals surface area contributed by atoms with Crippen LogP contribution in [0.1, 0.15) is 27.7 Å². The lowest BCUT2D eigenvalue weighted by atomic mass is 10.2. The average Bonchev–Trinajstić information content (AvgIpc) is 2.49. The Kier molecular flexibility index (Phi) is 11.8. The molecule has 0 aliphatic heterocycles. The Hall–Kier alpha value is -0.770. The van der Waals surface area contributed by atoms with Gasteiger partial charge in [-0.25, -0.2) is 0 Å². The quantitative estimate of drug-likeness (QED) is 0.871. The Morgan fingerprint density at radius 1 is 1.00 bits per heavy atom. The van der Waals surface area contributed by atoms with Gasteiger partial charge in [0, 0.05) is 25.2 Å². The van der Waals surface area contributed by atoms with Crippen LogP contribution in [0.4, 0.5) is 5.69 Å². The molecule has 1 rings (SSSR count). The molecule has 20 heavy (non-hydrogen) atoms. The molecule has 0 heterocycles. The predicted octanol–water partition coefficient (Wildman–Crippen LogP) is 3.42. The first-order valence-electron chi connectivity index (χ1n) is 6.61. The maximum Gasteiger partial charge on any atom is 0.201 e. The highest BCUT2D eigenvalue weighted by atomic mass is 35.5. The van der Waals surface area contributed by atoms with Gasteiger partial charge in [0.2, 0.25) is 5.43 Å². The van der Waals surface area contributed by atoms with E-state index >= 15 is 0 Å². The van der Waals surface area contributed by atoms with Crippen LogP contribution in [0.25, 0.3) is 0 Å². The van der Waals surface area contributed by atoms with Crippen molar-refractivity contribution in [2.24, 2.45) is 0 Å². The summed E-state index contributed by atoms with van der Waals surface area (Å²) in [6.07, 6.45) is 0. The van der Waals surface area contributed by atoms with Crippen LogP contribution < -0.4 is 10.7 Å². The molecule has 0 atom stereocenters. The highest BCUT2D eigenvalue weighted by molar-refractivity contribution is 5.85. The standard InChI is InChI=1S/C15H24N2O.2ClH/c1-12(2)17(13(3)4)11-10-16-14-8-6-5-7-9-15(14)18;;/h5-9,12-13H,10-11H2,1-4H3,(H,16,18);2*1H. The molecule has 0 unspecified atom stereocenters. The summed E-state index contributed by atoms with van der Waals surface area (Å²) in [5.41, 5.74) is 0.716. The highest BCUT2D eigenvalue weighted by Crippen LogP contribution is 2.04. The summed E-state index contributed by atoms with van der Waals surface area (Å²) in [4.78, 5) is 14.1. The van der Waals surface area contributed by atoms with Gasteiger partial charge in [-0.05, 0) is 39.8 Å². The van der Waals surface area contributed by atoms with Gasteiger partial charge in [-0.2, -0.15) is 0 Å². The third kappa shape index (κ3) is 7.13. The summed E-state index contributed by atoms with van der Waals surface area (Å²) < 4.78 is 0. The summed E-state index contributed by atoms with van der Waals surface area (Å²) in [7, 11) is 0. The number of hydrogen-bond donors (Lipinski definition) is 1. The summed E-state index contributed by atoms with van der Waals surface area (Å²) in [5.74, 6) is 0. The number of nitrogens with one attached hydrogen (secondary N) is 1. The molecule has 0 aliphatic rings. The van der Waals surface area contributed by atoms with Crippen LogP contribution >= 0.6 is 24.8 Å². The number of anilines is 1. The molecule has 1 N–H and O–H groups in total. The Balaban J connectivity index is 0. The number of hydrogen-bond acceptors (Lipinski definition) is 3. The largest absolute Gasteiger partial charge is 0.381 e. The van der Waals surface area contributed by atoms with Crippen LogP contribution in [-0.2, 0) is 0 Å². The van der Waals surface area contributed by atoms with Gasteiger partial charge in [0.25, 0.3) is 0 Å². The second-order valence-electron chi connectivity index (χ2n) is 5.04. The van der Waals surface area contributed by atoms with Crippen molar-refractivity contribution in [2.45, 2.75) is 39.8 Å². The van der Waals surface area contributed by atoms with Gasteiger partial charge in [0.15, 0.2) is 0 Å². The van der Waals surface area contributed by atoms with Gasteiger partial charge >= 0.3 is 0 Å². The monoisotopic (exact) mass is 320 g/mol. The molecular weight excluding hydrogens is 295 g/mol. The molecule has 0 saturated carbocycles. The van der Waals surface area contributed by atoms with Crippen molar-refractivity contribution in [1.29, 1.82) is 0 Å². The summed E-state index contributed by atoms with van der Waals surface area (Å²) in [6, 6.07) is 9.97. The van der Waals surface area contributed by atoms with Gasteiger partial charge < -0.3 is 5.32 Å². The molecule has 1 aromatic rings. The zero-order valence-corrected chi connectivity index (χ0v) is 14.3. The van der Waals surface area contributed by atoms with Crippen molar-refractivity contribution in [3.63, 3.8) is 0 Å². The van der Waals surface area contributed by atoms with E-state index in [2.05, 4.69) is 37.9 Å².